The molecule has 2 unspecified atom stereocenters. The molecule has 0 radical (unpaired) electrons. The molecular weight excluding hydrogens is 409 g/mol. The summed E-state index contributed by atoms with van der Waals surface area (Å²) in [5, 5.41) is 3.38. The number of fused-ring (bicyclic) bond motifs is 1. The lowest BCUT2D eigenvalue weighted by Crippen LogP contribution is -2.48. The van der Waals surface area contributed by atoms with Gasteiger partial charge in [-0.05, 0) is 36.2 Å². The summed E-state index contributed by atoms with van der Waals surface area (Å²) >= 11 is 0. The highest BCUT2D eigenvalue weighted by atomic mass is 19.4. The van der Waals surface area contributed by atoms with Gasteiger partial charge in [-0.3, -0.25) is 9.59 Å². The number of carbonyl (C=O) groups excluding carboxylic acids is 2. The number of nitrogens with two attached hydrogens (primary N) is 1. The summed E-state index contributed by atoms with van der Waals surface area (Å²) < 4.78 is 37.4. The molecule has 2 aromatic rings. The van der Waals surface area contributed by atoms with Crippen LogP contribution in [0.2, 0.25) is 0 Å². The third kappa shape index (κ3) is 4.18. The summed E-state index contributed by atoms with van der Waals surface area (Å²) in [6, 6.07) is 14.5. The normalized spacial score (nSPS) is 21.8. The van der Waals surface area contributed by atoms with Gasteiger partial charge in [-0.1, -0.05) is 36.4 Å². The number of rotatable bonds is 3. The third-order valence-electron chi connectivity index (χ3n) is 5.77. The van der Waals surface area contributed by atoms with Crippen molar-refractivity contribution in [2.24, 2.45) is 10.7 Å². The molecule has 9 heteroatoms. The zero-order valence-electron chi connectivity index (χ0n) is 16.5. The van der Waals surface area contributed by atoms with Crippen LogP contribution in [-0.4, -0.2) is 47.9 Å². The molecule has 0 aromatic heterocycles. The van der Waals surface area contributed by atoms with Crippen LogP contribution in [0.25, 0.3) is 0 Å². The van der Waals surface area contributed by atoms with Gasteiger partial charge in [0, 0.05) is 36.2 Å². The number of hydrogen-bond acceptors (Lipinski definition) is 3. The van der Waals surface area contributed by atoms with E-state index in [1.807, 2.05) is 35.2 Å². The summed E-state index contributed by atoms with van der Waals surface area (Å²) in [6.07, 6.45) is -4.30. The summed E-state index contributed by atoms with van der Waals surface area (Å²) in [6.45, 7) is 1.87. The van der Waals surface area contributed by atoms with Crippen molar-refractivity contribution in [2.45, 2.75) is 31.1 Å². The maximum Gasteiger partial charge on any atom is 0.473 e. The molecule has 31 heavy (non-hydrogen) atoms. The Kier molecular flexibility index (Phi) is 5.53. The summed E-state index contributed by atoms with van der Waals surface area (Å²) in [5.41, 5.74) is 8.09. The molecule has 0 bridgehead atoms. The van der Waals surface area contributed by atoms with E-state index >= 15 is 0 Å². The Labute approximate surface area is 176 Å². The highest BCUT2D eigenvalue weighted by Gasteiger charge is 2.40. The molecule has 0 saturated carbocycles. The number of benzene rings is 2. The number of halogens is 3. The third-order valence-corrected chi connectivity index (χ3v) is 5.77. The van der Waals surface area contributed by atoms with Gasteiger partial charge >= 0.3 is 12.1 Å². The van der Waals surface area contributed by atoms with Crippen molar-refractivity contribution < 1.29 is 22.8 Å². The molecule has 6 nitrogen and oxygen atoms in total. The Morgan fingerprint density at radius 3 is 2.61 bits per heavy atom. The molecule has 2 heterocycles. The van der Waals surface area contributed by atoms with Crippen molar-refractivity contribution in [1.82, 2.24) is 10.2 Å². The predicted molar refractivity (Wildman–Crippen MR) is 109 cm³/mol. The topological polar surface area (TPSA) is 87.8 Å². The number of carbonyl (C=O) groups is 2. The molecule has 2 atom stereocenters. The van der Waals surface area contributed by atoms with E-state index in [2.05, 4.69) is 10.3 Å². The number of alkyl halides is 3. The van der Waals surface area contributed by atoms with Crippen LogP contribution in [0.3, 0.4) is 0 Å². The molecule has 3 N–H and O–H groups in total. The molecule has 2 amide bonds. The fraction of sp³-hybridized carbons (Fsp3) is 0.318. The van der Waals surface area contributed by atoms with Crippen LogP contribution in [-0.2, 0) is 11.3 Å². The number of amides is 2. The molecule has 162 valence electrons. The van der Waals surface area contributed by atoms with E-state index in [0.717, 1.165) is 25.1 Å². The van der Waals surface area contributed by atoms with E-state index in [0.29, 0.717) is 17.7 Å². The number of piperidine rings is 1. The largest absolute Gasteiger partial charge is 0.473 e. The van der Waals surface area contributed by atoms with Gasteiger partial charge in [0.25, 0.3) is 5.91 Å². The number of nitrogens with one attached hydrogen (secondary N) is 1. The Hall–Kier alpha value is -3.20. The maximum atomic E-state index is 13.1. The number of hydrogen-bond donors (Lipinski definition) is 2. The predicted octanol–water partition coefficient (Wildman–Crippen LogP) is 2.58. The molecule has 2 aliphatic heterocycles. The van der Waals surface area contributed by atoms with Gasteiger partial charge in [0.15, 0.2) is 0 Å². The molecule has 0 spiro atoms. The van der Waals surface area contributed by atoms with Crippen LogP contribution in [0, 0.1) is 0 Å². The van der Waals surface area contributed by atoms with E-state index < -0.39 is 17.9 Å². The Balaban J connectivity index is 1.59. The number of aliphatic imine (C=N–C) groups is 1. The second kappa shape index (κ2) is 8.14. The summed E-state index contributed by atoms with van der Waals surface area (Å²) in [7, 11) is 0. The Bertz CT molecular complexity index is 1040. The van der Waals surface area contributed by atoms with Gasteiger partial charge < -0.3 is 16.0 Å². The highest BCUT2D eigenvalue weighted by molar-refractivity contribution is 6.06. The van der Waals surface area contributed by atoms with Crippen molar-refractivity contribution in [1.29, 1.82) is 0 Å². The van der Waals surface area contributed by atoms with Gasteiger partial charge in [0.05, 0.1) is 0 Å². The van der Waals surface area contributed by atoms with Crippen molar-refractivity contribution in [3.8, 4) is 0 Å². The van der Waals surface area contributed by atoms with Gasteiger partial charge in [-0.25, -0.2) is 0 Å². The molecular formula is C22H21F3N4O2. The number of nitrogens with zero attached hydrogens (tertiary/aromatic N) is 2. The zero-order valence-corrected chi connectivity index (χ0v) is 16.5. The maximum absolute atomic E-state index is 13.1. The molecule has 0 aliphatic carbocycles. The van der Waals surface area contributed by atoms with E-state index in [1.54, 1.807) is 0 Å². The Morgan fingerprint density at radius 1 is 1.16 bits per heavy atom. The average molecular weight is 430 g/mol. The minimum Gasteiger partial charge on any atom is -0.383 e. The summed E-state index contributed by atoms with van der Waals surface area (Å²) in [4.78, 5) is 29.0. The lowest BCUT2D eigenvalue weighted by atomic mass is 9.86. The van der Waals surface area contributed by atoms with Gasteiger partial charge in [0.1, 0.15) is 5.84 Å². The second-order valence-corrected chi connectivity index (χ2v) is 7.68. The van der Waals surface area contributed by atoms with E-state index in [9.17, 15) is 22.8 Å². The lowest BCUT2D eigenvalue weighted by Gasteiger charge is -2.38. The average Bonchev–Trinajstić information content (AvgIpc) is 3.09. The first-order chi connectivity index (χ1) is 14.8. The first kappa shape index (κ1) is 21.0. The number of amidine groups is 1. The van der Waals surface area contributed by atoms with E-state index in [4.69, 9.17) is 5.73 Å². The summed E-state index contributed by atoms with van der Waals surface area (Å²) in [5.74, 6) is -2.77. The highest BCUT2D eigenvalue weighted by Crippen LogP contribution is 2.34. The van der Waals surface area contributed by atoms with Gasteiger partial charge in [-0.2, -0.15) is 18.2 Å². The first-order valence-corrected chi connectivity index (χ1v) is 9.91. The van der Waals surface area contributed by atoms with Crippen molar-refractivity contribution in [3.63, 3.8) is 0 Å². The van der Waals surface area contributed by atoms with Crippen molar-refractivity contribution in [2.75, 3.05) is 13.1 Å². The molecule has 4 rings (SSSR count). The monoisotopic (exact) mass is 430 g/mol. The van der Waals surface area contributed by atoms with Crippen LogP contribution in [0.15, 0.2) is 53.5 Å². The molecule has 1 saturated heterocycles. The molecule has 2 aromatic carbocycles. The van der Waals surface area contributed by atoms with Crippen molar-refractivity contribution in [3.05, 3.63) is 70.8 Å². The standard InChI is InChI=1S/C22H21F3N4O2/c23-22(24,25)21(31)28-19(26)14-6-7-16-15(10-14)12-29(20(16)30)18-8-9-27-11-17(18)13-4-2-1-3-5-13/h1-7,10,17-18,27H,8-9,11-12H2,(H2,26,28,31). The molecule has 1 fully saturated rings. The quantitative estimate of drug-likeness (QED) is 0.579. The fourth-order valence-corrected chi connectivity index (χ4v) is 4.27. The minimum absolute atomic E-state index is 0.00942. The first-order valence-electron chi connectivity index (χ1n) is 9.91. The minimum atomic E-state index is -5.09. The SMILES string of the molecule is NC(=NC(=O)C(F)(F)F)c1ccc2c(c1)CN(C1CCNCC1c1ccccc1)C2=O. The lowest BCUT2D eigenvalue weighted by molar-refractivity contribution is -0.169. The van der Waals surface area contributed by atoms with Gasteiger partial charge in [0.2, 0.25) is 0 Å². The van der Waals surface area contributed by atoms with Crippen molar-refractivity contribution >= 4 is 17.6 Å². The van der Waals surface area contributed by atoms with E-state index in [1.165, 1.54) is 18.2 Å². The zero-order chi connectivity index (χ0) is 22.2. The Morgan fingerprint density at radius 2 is 1.90 bits per heavy atom. The van der Waals surface area contributed by atoms with E-state index in [-0.39, 0.29) is 23.4 Å². The van der Waals surface area contributed by atoms with Crippen LogP contribution in [0.5, 0.6) is 0 Å². The molecule has 2 aliphatic rings. The van der Waals surface area contributed by atoms with Crippen LogP contribution >= 0.6 is 0 Å². The van der Waals surface area contributed by atoms with Gasteiger partial charge in [-0.15, -0.1) is 0 Å². The van der Waals surface area contributed by atoms with Crippen LogP contribution in [0.4, 0.5) is 13.2 Å². The smallest absolute Gasteiger partial charge is 0.383 e. The fourth-order valence-electron chi connectivity index (χ4n) is 4.27. The second-order valence-electron chi connectivity index (χ2n) is 7.68. The van der Waals surface area contributed by atoms with Crippen LogP contribution < -0.4 is 11.1 Å². The van der Waals surface area contributed by atoms with Crippen LogP contribution in [0.1, 0.15) is 39.4 Å².